The van der Waals surface area contributed by atoms with E-state index in [1.165, 1.54) is 5.56 Å². The number of ether oxygens (including phenoxy) is 1. The highest BCUT2D eigenvalue weighted by Gasteiger charge is 2.40. The second-order valence-corrected chi connectivity index (χ2v) is 7.06. The first-order valence-electron chi connectivity index (χ1n) is 8.01. The van der Waals surface area contributed by atoms with E-state index in [1.807, 2.05) is 46.0 Å². The Labute approximate surface area is 138 Å². The minimum atomic E-state index is -0.557. The maximum absolute atomic E-state index is 12.3. The van der Waals surface area contributed by atoms with Gasteiger partial charge in [-0.05, 0) is 39.8 Å². The summed E-state index contributed by atoms with van der Waals surface area (Å²) in [6.07, 6.45) is 1.22. The quantitative estimate of drug-likeness (QED) is 0.801. The second kappa shape index (κ2) is 7.13. The summed E-state index contributed by atoms with van der Waals surface area (Å²) in [5.41, 5.74) is 0.633. The number of likely N-dealkylation sites (tertiary alicyclic amines) is 1. The first kappa shape index (κ1) is 17.5. The fourth-order valence-electron chi connectivity index (χ4n) is 2.97. The molecule has 126 valence electrons. The average molecular weight is 318 g/mol. The average Bonchev–Trinajstić information content (AvgIpc) is 2.90. The van der Waals surface area contributed by atoms with E-state index in [4.69, 9.17) is 4.74 Å². The molecule has 0 spiro atoms. The first-order chi connectivity index (χ1) is 10.8. The fraction of sp³-hybridized carbons (Fsp3) is 0.556. The molecule has 0 radical (unpaired) electrons. The minimum absolute atomic E-state index is 0.0141. The van der Waals surface area contributed by atoms with Crippen LogP contribution in [0.1, 0.15) is 32.8 Å². The number of rotatable bonds is 4. The van der Waals surface area contributed by atoms with E-state index in [0.717, 1.165) is 19.3 Å². The van der Waals surface area contributed by atoms with Crippen LogP contribution in [0, 0.1) is 0 Å². The molecule has 5 heteroatoms. The van der Waals surface area contributed by atoms with Gasteiger partial charge in [0.2, 0.25) is 0 Å². The third-order valence-corrected chi connectivity index (χ3v) is 4.03. The van der Waals surface area contributed by atoms with Crippen LogP contribution in [-0.4, -0.2) is 53.5 Å². The summed E-state index contributed by atoms with van der Waals surface area (Å²) in [5.74, 6) is 0. The summed E-state index contributed by atoms with van der Waals surface area (Å²) in [4.78, 5) is 27.5. The topological polar surface area (TPSA) is 49.9 Å². The summed E-state index contributed by atoms with van der Waals surface area (Å²) in [7, 11) is 1.99. The van der Waals surface area contributed by atoms with Crippen LogP contribution >= 0.6 is 0 Å². The Balaban J connectivity index is 2.03. The van der Waals surface area contributed by atoms with Gasteiger partial charge >= 0.3 is 6.09 Å². The van der Waals surface area contributed by atoms with Crippen molar-refractivity contribution in [3.05, 3.63) is 35.9 Å². The molecule has 0 aromatic heterocycles. The van der Waals surface area contributed by atoms with Gasteiger partial charge < -0.3 is 9.53 Å². The van der Waals surface area contributed by atoms with Gasteiger partial charge in [0.05, 0.1) is 0 Å². The van der Waals surface area contributed by atoms with Gasteiger partial charge in [-0.3, -0.25) is 9.80 Å². The lowest BCUT2D eigenvalue weighted by Crippen LogP contribution is -2.47. The molecule has 2 rings (SSSR count). The number of carbonyl (C=O) groups is 2. The predicted molar refractivity (Wildman–Crippen MR) is 89.1 cm³/mol. The van der Waals surface area contributed by atoms with Crippen molar-refractivity contribution < 1.29 is 14.3 Å². The van der Waals surface area contributed by atoms with Gasteiger partial charge in [0.15, 0.2) is 0 Å². The standard InChI is InChI=1S/C18H26N2O3/c1-18(2,3)23-17(22)20-11-10-15(16(20)13-21)19(4)12-14-8-6-5-7-9-14/h5-9,13,15-16H,10-12H2,1-4H3/t15-,16-/m1/s1. The number of carbonyl (C=O) groups excluding carboxylic acids is 2. The zero-order valence-corrected chi connectivity index (χ0v) is 14.4. The van der Waals surface area contributed by atoms with Crippen molar-refractivity contribution in [1.29, 1.82) is 0 Å². The molecule has 1 heterocycles. The second-order valence-electron chi connectivity index (χ2n) is 7.06. The Morgan fingerprint density at radius 2 is 2.00 bits per heavy atom. The Bertz CT molecular complexity index is 539. The van der Waals surface area contributed by atoms with Gasteiger partial charge in [0.1, 0.15) is 17.9 Å². The molecule has 0 saturated carbocycles. The van der Waals surface area contributed by atoms with E-state index >= 15 is 0 Å². The number of benzene rings is 1. The smallest absolute Gasteiger partial charge is 0.410 e. The highest BCUT2D eigenvalue weighted by atomic mass is 16.6. The van der Waals surface area contributed by atoms with Crippen LogP contribution < -0.4 is 0 Å². The van der Waals surface area contributed by atoms with E-state index in [2.05, 4.69) is 17.0 Å². The number of amides is 1. The molecule has 1 aliphatic rings. The lowest BCUT2D eigenvalue weighted by molar-refractivity contribution is -0.113. The molecule has 1 aliphatic heterocycles. The van der Waals surface area contributed by atoms with Crippen molar-refractivity contribution in [3.63, 3.8) is 0 Å². The Hall–Kier alpha value is -1.88. The van der Waals surface area contributed by atoms with Crippen molar-refractivity contribution in [2.24, 2.45) is 0 Å². The zero-order chi connectivity index (χ0) is 17.0. The molecule has 23 heavy (non-hydrogen) atoms. The summed E-state index contributed by atoms with van der Waals surface area (Å²) >= 11 is 0. The number of nitrogens with zero attached hydrogens (tertiary/aromatic N) is 2. The molecular formula is C18H26N2O3. The SMILES string of the molecule is CN(Cc1ccccc1)[C@@H]1CCN(C(=O)OC(C)(C)C)[C@@H]1C=O. The summed E-state index contributed by atoms with van der Waals surface area (Å²) in [6, 6.07) is 9.67. The maximum Gasteiger partial charge on any atom is 0.410 e. The molecule has 1 saturated heterocycles. The van der Waals surface area contributed by atoms with Crippen molar-refractivity contribution in [2.75, 3.05) is 13.6 Å². The van der Waals surface area contributed by atoms with E-state index in [9.17, 15) is 9.59 Å². The monoisotopic (exact) mass is 318 g/mol. The van der Waals surface area contributed by atoms with Gasteiger partial charge in [-0.25, -0.2) is 4.79 Å². The minimum Gasteiger partial charge on any atom is -0.444 e. The van der Waals surface area contributed by atoms with Crippen LogP contribution in [0.2, 0.25) is 0 Å². The normalized spacial score (nSPS) is 21.5. The van der Waals surface area contributed by atoms with Crippen molar-refractivity contribution >= 4 is 12.4 Å². The van der Waals surface area contributed by atoms with E-state index in [0.29, 0.717) is 6.54 Å². The molecular weight excluding hydrogens is 292 g/mol. The molecule has 2 atom stereocenters. The van der Waals surface area contributed by atoms with Gasteiger partial charge in [0, 0.05) is 19.1 Å². The van der Waals surface area contributed by atoms with E-state index in [1.54, 1.807) is 4.90 Å². The van der Waals surface area contributed by atoms with Crippen molar-refractivity contribution in [2.45, 2.75) is 51.4 Å². The van der Waals surface area contributed by atoms with Crippen molar-refractivity contribution in [1.82, 2.24) is 9.80 Å². The molecule has 0 bridgehead atoms. The molecule has 5 nitrogen and oxygen atoms in total. The van der Waals surface area contributed by atoms with E-state index in [-0.39, 0.29) is 6.04 Å². The van der Waals surface area contributed by atoms with Crippen molar-refractivity contribution in [3.8, 4) is 0 Å². The largest absolute Gasteiger partial charge is 0.444 e. The number of likely N-dealkylation sites (N-methyl/N-ethyl adjacent to an activating group) is 1. The van der Waals surface area contributed by atoms with Crippen LogP contribution in [0.5, 0.6) is 0 Å². The van der Waals surface area contributed by atoms with Crippen LogP contribution in [0.3, 0.4) is 0 Å². The molecule has 0 unspecified atom stereocenters. The van der Waals surface area contributed by atoms with Gasteiger partial charge in [-0.15, -0.1) is 0 Å². The number of aldehydes is 1. The van der Waals surface area contributed by atoms with Crippen LogP contribution in [0.4, 0.5) is 4.79 Å². The predicted octanol–water partition coefficient (Wildman–Crippen LogP) is 2.70. The summed E-state index contributed by atoms with van der Waals surface area (Å²) < 4.78 is 5.41. The molecule has 1 aromatic carbocycles. The molecule has 0 aliphatic carbocycles. The Morgan fingerprint density at radius 1 is 1.35 bits per heavy atom. The third kappa shape index (κ3) is 4.55. The molecule has 1 aromatic rings. The molecule has 1 amide bonds. The van der Waals surface area contributed by atoms with Crippen LogP contribution in [-0.2, 0) is 16.1 Å². The molecule has 0 N–H and O–H groups in total. The first-order valence-corrected chi connectivity index (χ1v) is 8.01. The summed E-state index contributed by atoms with van der Waals surface area (Å²) in [6.45, 7) is 6.78. The van der Waals surface area contributed by atoms with E-state index < -0.39 is 17.7 Å². The molecule has 1 fully saturated rings. The van der Waals surface area contributed by atoms with Crippen LogP contribution in [0.15, 0.2) is 30.3 Å². The fourth-order valence-corrected chi connectivity index (χ4v) is 2.97. The highest BCUT2D eigenvalue weighted by Crippen LogP contribution is 2.24. The number of hydrogen-bond acceptors (Lipinski definition) is 4. The zero-order valence-electron chi connectivity index (χ0n) is 14.4. The Morgan fingerprint density at radius 3 is 2.57 bits per heavy atom. The lowest BCUT2D eigenvalue weighted by Gasteiger charge is -2.31. The van der Waals surface area contributed by atoms with Gasteiger partial charge in [-0.2, -0.15) is 0 Å². The maximum atomic E-state index is 12.3. The van der Waals surface area contributed by atoms with Gasteiger partial charge in [-0.1, -0.05) is 30.3 Å². The highest BCUT2D eigenvalue weighted by molar-refractivity contribution is 5.75. The Kier molecular flexibility index (Phi) is 5.42. The summed E-state index contributed by atoms with van der Waals surface area (Å²) in [5, 5.41) is 0. The van der Waals surface area contributed by atoms with Gasteiger partial charge in [0.25, 0.3) is 0 Å². The lowest BCUT2D eigenvalue weighted by atomic mass is 10.1. The third-order valence-electron chi connectivity index (χ3n) is 4.03. The number of hydrogen-bond donors (Lipinski definition) is 0. The van der Waals surface area contributed by atoms with Crippen LogP contribution in [0.25, 0.3) is 0 Å².